The van der Waals surface area contributed by atoms with Crippen molar-refractivity contribution in [1.29, 1.82) is 0 Å². The lowest BCUT2D eigenvalue weighted by molar-refractivity contribution is -0.136. The monoisotopic (exact) mass is 278 g/mol. The van der Waals surface area contributed by atoms with Crippen LogP contribution in [0, 0.1) is 6.92 Å². The Bertz CT molecular complexity index is 763. The molecule has 0 atom stereocenters. The number of rotatable bonds is 1. The summed E-state index contributed by atoms with van der Waals surface area (Å²) in [4.78, 5) is 4.11. The number of benzene rings is 1. The highest BCUT2D eigenvalue weighted by molar-refractivity contribution is 5.83. The van der Waals surface area contributed by atoms with Crippen molar-refractivity contribution in [3.05, 3.63) is 47.7 Å². The standard InChI is InChI=1S/C14H9F3N2O/c1-8-12-10(14(15,16)17)7-11(18-13(12)20-19-8)9-5-3-2-4-6-9/h2-7H,1H3. The highest BCUT2D eigenvalue weighted by Crippen LogP contribution is 2.37. The SMILES string of the molecule is Cc1noc2nc(-c3ccccc3)cc(C(F)(F)F)c12. The lowest BCUT2D eigenvalue weighted by atomic mass is 10.1. The predicted octanol–water partition coefficient (Wildman–Crippen LogP) is 4.22. The second-order valence-corrected chi connectivity index (χ2v) is 4.37. The van der Waals surface area contributed by atoms with Gasteiger partial charge in [0, 0.05) is 5.56 Å². The molecule has 3 nitrogen and oxygen atoms in total. The van der Waals surface area contributed by atoms with Crippen molar-refractivity contribution in [3.63, 3.8) is 0 Å². The van der Waals surface area contributed by atoms with Gasteiger partial charge in [0.05, 0.1) is 22.3 Å². The number of pyridine rings is 1. The molecule has 0 amide bonds. The summed E-state index contributed by atoms with van der Waals surface area (Å²) in [5.74, 6) is 0. The molecule has 3 rings (SSSR count). The molecule has 20 heavy (non-hydrogen) atoms. The molecule has 6 heteroatoms. The molecule has 2 aromatic heterocycles. The van der Waals surface area contributed by atoms with Gasteiger partial charge >= 0.3 is 6.18 Å². The molecule has 0 bridgehead atoms. The molecule has 0 aliphatic carbocycles. The van der Waals surface area contributed by atoms with E-state index in [9.17, 15) is 13.2 Å². The fourth-order valence-electron chi connectivity index (χ4n) is 2.08. The molecule has 2 heterocycles. The van der Waals surface area contributed by atoms with Crippen molar-refractivity contribution in [2.24, 2.45) is 0 Å². The van der Waals surface area contributed by atoms with Crippen LogP contribution in [-0.4, -0.2) is 10.1 Å². The number of nitrogens with zero attached hydrogens (tertiary/aromatic N) is 2. The maximum atomic E-state index is 13.2. The van der Waals surface area contributed by atoms with E-state index in [1.807, 2.05) is 0 Å². The molecule has 0 saturated heterocycles. The van der Waals surface area contributed by atoms with E-state index < -0.39 is 11.7 Å². The normalized spacial score (nSPS) is 12.0. The van der Waals surface area contributed by atoms with Crippen LogP contribution in [0.15, 0.2) is 40.9 Å². The van der Waals surface area contributed by atoms with Gasteiger partial charge in [0.15, 0.2) is 0 Å². The van der Waals surface area contributed by atoms with Gasteiger partial charge in [-0.3, -0.25) is 0 Å². The molecule has 0 fully saturated rings. The van der Waals surface area contributed by atoms with E-state index in [2.05, 4.69) is 10.1 Å². The van der Waals surface area contributed by atoms with Crippen LogP contribution in [0.2, 0.25) is 0 Å². The minimum Gasteiger partial charge on any atom is -0.336 e. The quantitative estimate of drug-likeness (QED) is 0.669. The highest BCUT2D eigenvalue weighted by Gasteiger charge is 2.35. The number of alkyl halides is 3. The molecule has 0 saturated carbocycles. The van der Waals surface area contributed by atoms with Crippen LogP contribution in [0.5, 0.6) is 0 Å². The van der Waals surface area contributed by atoms with Crippen molar-refractivity contribution in [3.8, 4) is 11.3 Å². The Hall–Kier alpha value is -2.37. The van der Waals surface area contributed by atoms with Crippen LogP contribution in [-0.2, 0) is 6.18 Å². The molecular formula is C14H9F3N2O. The number of fused-ring (bicyclic) bond motifs is 1. The largest absolute Gasteiger partial charge is 0.417 e. The maximum absolute atomic E-state index is 13.2. The van der Waals surface area contributed by atoms with Gasteiger partial charge in [0.25, 0.3) is 5.71 Å². The van der Waals surface area contributed by atoms with Gasteiger partial charge in [-0.15, -0.1) is 0 Å². The first-order valence-corrected chi connectivity index (χ1v) is 5.86. The average Bonchev–Trinajstić information content (AvgIpc) is 2.79. The lowest BCUT2D eigenvalue weighted by Crippen LogP contribution is -2.07. The highest BCUT2D eigenvalue weighted by atomic mass is 19.4. The van der Waals surface area contributed by atoms with Crippen molar-refractivity contribution in [2.45, 2.75) is 13.1 Å². The third kappa shape index (κ3) is 2.03. The second kappa shape index (κ2) is 4.33. The summed E-state index contributed by atoms with van der Waals surface area (Å²) in [7, 11) is 0. The first-order chi connectivity index (χ1) is 9.47. The fourth-order valence-corrected chi connectivity index (χ4v) is 2.08. The fraction of sp³-hybridized carbons (Fsp3) is 0.143. The molecule has 0 unspecified atom stereocenters. The molecule has 0 N–H and O–H groups in total. The summed E-state index contributed by atoms with van der Waals surface area (Å²) < 4.78 is 44.4. The Labute approximate surface area is 112 Å². The summed E-state index contributed by atoms with van der Waals surface area (Å²) in [6.45, 7) is 1.46. The van der Waals surface area contributed by atoms with Crippen LogP contribution in [0.4, 0.5) is 13.2 Å². The van der Waals surface area contributed by atoms with E-state index in [0.717, 1.165) is 6.07 Å². The van der Waals surface area contributed by atoms with Crippen LogP contribution in [0.1, 0.15) is 11.3 Å². The van der Waals surface area contributed by atoms with Crippen molar-refractivity contribution >= 4 is 11.1 Å². The molecule has 1 aromatic carbocycles. The summed E-state index contributed by atoms with van der Waals surface area (Å²) in [5.41, 5.74) is 0.103. The number of hydrogen-bond donors (Lipinski definition) is 0. The zero-order chi connectivity index (χ0) is 14.3. The van der Waals surface area contributed by atoms with Gasteiger partial charge in [-0.25, -0.2) is 4.98 Å². The molecule has 102 valence electrons. The Morgan fingerprint density at radius 3 is 2.45 bits per heavy atom. The summed E-state index contributed by atoms with van der Waals surface area (Å²) in [6.07, 6.45) is -4.49. The number of aromatic nitrogens is 2. The maximum Gasteiger partial charge on any atom is 0.417 e. The number of halogens is 3. The summed E-state index contributed by atoms with van der Waals surface area (Å²) >= 11 is 0. The average molecular weight is 278 g/mol. The smallest absolute Gasteiger partial charge is 0.336 e. The van der Waals surface area contributed by atoms with Gasteiger partial charge in [-0.2, -0.15) is 13.2 Å². The number of aryl methyl sites for hydroxylation is 1. The van der Waals surface area contributed by atoms with E-state index >= 15 is 0 Å². The molecule has 3 aromatic rings. The zero-order valence-electron chi connectivity index (χ0n) is 10.4. The predicted molar refractivity (Wildman–Crippen MR) is 67.0 cm³/mol. The number of hydrogen-bond acceptors (Lipinski definition) is 3. The summed E-state index contributed by atoms with van der Waals surface area (Å²) in [6, 6.07) is 9.67. The van der Waals surface area contributed by atoms with Crippen LogP contribution < -0.4 is 0 Å². The van der Waals surface area contributed by atoms with Gasteiger partial charge in [-0.1, -0.05) is 35.5 Å². The Morgan fingerprint density at radius 1 is 1.10 bits per heavy atom. The van der Waals surface area contributed by atoms with Crippen LogP contribution in [0.25, 0.3) is 22.4 Å². The van der Waals surface area contributed by atoms with Crippen molar-refractivity contribution in [1.82, 2.24) is 10.1 Å². The van der Waals surface area contributed by atoms with Crippen molar-refractivity contribution < 1.29 is 17.7 Å². The van der Waals surface area contributed by atoms with E-state index in [0.29, 0.717) is 5.56 Å². The Balaban J connectivity index is 2.32. The first kappa shape index (κ1) is 12.7. The topological polar surface area (TPSA) is 38.9 Å². The molecule has 0 spiro atoms. The van der Waals surface area contributed by atoms with Gasteiger partial charge in [0.1, 0.15) is 0 Å². The zero-order valence-corrected chi connectivity index (χ0v) is 10.4. The van der Waals surface area contributed by atoms with E-state index in [1.165, 1.54) is 6.92 Å². The lowest BCUT2D eigenvalue weighted by Gasteiger charge is -2.09. The Morgan fingerprint density at radius 2 is 1.80 bits per heavy atom. The molecular weight excluding hydrogens is 269 g/mol. The first-order valence-electron chi connectivity index (χ1n) is 5.86. The van der Waals surface area contributed by atoms with Crippen molar-refractivity contribution in [2.75, 3.05) is 0 Å². The third-order valence-electron chi connectivity index (χ3n) is 2.99. The van der Waals surface area contributed by atoms with Crippen LogP contribution >= 0.6 is 0 Å². The van der Waals surface area contributed by atoms with Gasteiger partial charge in [0.2, 0.25) is 0 Å². The van der Waals surface area contributed by atoms with E-state index in [4.69, 9.17) is 4.52 Å². The van der Waals surface area contributed by atoms with Gasteiger partial charge in [-0.05, 0) is 13.0 Å². The minimum atomic E-state index is -4.49. The molecule has 0 radical (unpaired) electrons. The van der Waals surface area contributed by atoms with E-state index in [-0.39, 0.29) is 22.5 Å². The van der Waals surface area contributed by atoms with Crippen LogP contribution in [0.3, 0.4) is 0 Å². The molecule has 0 aliphatic heterocycles. The molecule has 0 aliphatic rings. The summed E-state index contributed by atoms with van der Waals surface area (Å²) in [5, 5.41) is 3.48. The second-order valence-electron chi connectivity index (χ2n) is 4.37. The third-order valence-corrected chi connectivity index (χ3v) is 2.99. The van der Waals surface area contributed by atoms with E-state index in [1.54, 1.807) is 30.3 Å². The minimum absolute atomic E-state index is 0.0859. The van der Waals surface area contributed by atoms with Gasteiger partial charge < -0.3 is 4.52 Å². The Kier molecular flexibility index (Phi) is 2.74.